The minimum absolute atomic E-state index is 0.0593. The lowest BCUT2D eigenvalue weighted by Crippen LogP contribution is -2.35. The van der Waals surface area contributed by atoms with Gasteiger partial charge in [0.15, 0.2) is 11.7 Å². The molecule has 0 spiro atoms. The summed E-state index contributed by atoms with van der Waals surface area (Å²) < 4.78 is 42.0. The molecule has 3 heterocycles. The van der Waals surface area contributed by atoms with E-state index >= 15 is 0 Å². The number of hydrogen-bond acceptors (Lipinski definition) is 4. The second kappa shape index (κ2) is 7.96. The molecule has 1 aliphatic rings. The zero-order chi connectivity index (χ0) is 21.6. The number of carbonyl (C=O) groups excluding carboxylic acids is 1. The zero-order valence-electron chi connectivity index (χ0n) is 14.8. The van der Waals surface area contributed by atoms with Gasteiger partial charge in [0.25, 0.3) is 5.91 Å². The van der Waals surface area contributed by atoms with Crippen LogP contribution in [0.3, 0.4) is 0 Å². The number of nitrogens with zero attached hydrogens (tertiary/aromatic N) is 2. The smallest absolute Gasteiger partial charge is 0.361 e. The maximum Gasteiger partial charge on any atom is 0.410 e. The first kappa shape index (κ1) is 21.3. The Kier molecular flexibility index (Phi) is 5.65. The van der Waals surface area contributed by atoms with Gasteiger partial charge in [0, 0.05) is 16.3 Å². The van der Waals surface area contributed by atoms with Crippen molar-refractivity contribution in [1.82, 2.24) is 9.78 Å². The lowest BCUT2D eigenvalue weighted by molar-refractivity contribution is -0.173. The van der Waals surface area contributed by atoms with Crippen molar-refractivity contribution in [3.05, 3.63) is 61.4 Å². The molecule has 158 valence electrons. The number of fused-ring (bicyclic) bond motifs is 1. The molecule has 1 aromatic carbocycles. The summed E-state index contributed by atoms with van der Waals surface area (Å²) in [6, 6.07) is 5.36. The Morgan fingerprint density at radius 3 is 2.67 bits per heavy atom. The maximum absolute atomic E-state index is 13.8. The van der Waals surface area contributed by atoms with Crippen molar-refractivity contribution in [3.8, 4) is 0 Å². The van der Waals surface area contributed by atoms with E-state index in [9.17, 15) is 18.0 Å². The van der Waals surface area contributed by atoms with Gasteiger partial charge in [-0.1, -0.05) is 40.9 Å². The van der Waals surface area contributed by atoms with E-state index in [0.717, 1.165) is 9.56 Å². The monoisotopic (exact) mass is 494 g/mol. The fourth-order valence-electron chi connectivity index (χ4n) is 3.18. The Morgan fingerprint density at radius 1 is 1.27 bits per heavy atom. The standard InChI is InChI=1S/C18H12Cl3F3N4OS/c19-8-3-4-10(9(20)6-8)26-17(29)15-14(21)16-25-11(12-2-1-5-30-12)7-13(18(22,23)24)28(16)27-15/h1-6,11,13,25H,7H2,(H,26,29)/t11-,13+/m0/s1. The Balaban J connectivity index is 1.70. The number of carbonyl (C=O) groups is 1. The van der Waals surface area contributed by atoms with E-state index in [1.165, 1.54) is 29.5 Å². The van der Waals surface area contributed by atoms with E-state index in [-0.39, 0.29) is 33.7 Å². The van der Waals surface area contributed by atoms with Crippen molar-refractivity contribution in [1.29, 1.82) is 0 Å². The van der Waals surface area contributed by atoms with Crippen LogP contribution in [0.4, 0.5) is 24.7 Å². The highest BCUT2D eigenvalue weighted by atomic mass is 35.5. The van der Waals surface area contributed by atoms with Crippen molar-refractivity contribution < 1.29 is 18.0 Å². The Morgan fingerprint density at radius 2 is 2.03 bits per heavy atom. The van der Waals surface area contributed by atoms with Crippen LogP contribution in [0.25, 0.3) is 0 Å². The molecule has 0 fully saturated rings. The van der Waals surface area contributed by atoms with Gasteiger partial charge in [0.1, 0.15) is 10.8 Å². The molecule has 3 aromatic rings. The summed E-state index contributed by atoms with van der Waals surface area (Å²) in [7, 11) is 0. The number of aromatic nitrogens is 2. The molecule has 4 rings (SSSR count). The lowest BCUT2D eigenvalue weighted by atomic mass is 10.0. The molecule has 0 bridgehead atoms. The van der Waals surface area contributed by atoms with E-state index < -0.39 is 24.2 Å². The van der Waals surface area contributed by atoms with Crippen molar-refractivity contribution in [2.24, 2.45) is 0 Å². The van der Waals surface area contributed by atoms with Gasteiger partial charge in [-0.25, -0.2) is 4.68 Å². The van der Waals surface area contributed by atoms with Crippen LogP contribution in [0.5, 0.6) is 0 Å². The summed E-state index contributed by atoms with van der Waals surface area (Å²) in [6.07, 6.45) is -4.85. The third-order valence-corrected chi connectivity index (χ3v) is 6.47. The molecule has 2 atom stereocenters. The van der Waals surface area contributed by atoms with Crippen molar-refractivity contribution >= 4 is 63.6 Å². The molecule has 30 heavy (non-hydrogen) atoms. The molecule has 12 heteroatoms. The molecule has 1 aliphatic heterocycles. The van der Waals surface area contributed by atoms with Crippen molar-refractivity contribution in [2.75, 3.05) is 10.6 Å². The number of rotatable bonds is 3. The van der Waals surface area contributed by atoms with Gasteiger partial charge in [-0.05, 0) is 29.6 Å². The first-order valence-electron chi connectivity index (χ1n) is 8.56. The van der Waals surface area contributed by atoms with Crippen LogP contribution in [-0.4, -0.2) is 21.9 Å². The van der Waals surface area contributed by atoms with Gasteiger partial charge < -0.3 is 10.6 Å². The van der Waals surface area contributed by atoms with Crippen LogP contribution in [0.15, 0.2) is 35.7 Å². The summed E-state index contributed by atoms with van der Waals surface area (Å²) in [5.41, 5.74) is -0.115. The highest BCUT2D eigenvalue weighted by molar-refractivity contribution is 7.10. The quantitative estimate of drug-likeness (QED) is 0.419. The largest absolute Gasteiger partial charge is 0.410 e. The number of amides is 1. The topological polar surface area (TPSA) is 59.0 Å². The first-order valence-corrected chi connectivity index (χ1v) is 10.6. The Labute approximate surface area is 187 Å². The number of alkyl halides is 3. The van der Waals surface area contributed by atoms with Gasteiger partial charge in [0.05, 0.1) is 16.8 Å². The minimum atomic E-state index is -4.57. The summed E-state index contributed by atoms with van der Waals surface area (Å²) in [6.45, 7) is 0. The summed E-state index contributed by atoms with van der Waals surface area (Å²) >= 11 is 19.5. The molecule has 0 radical (unpaired) electrons. The SMILES string of the molecule is O=C(Nc1ccc(Cl)cc1Cl)c1nn2c(c1Cl)N[C@H](c1cccs1)C[C@@H]2C(F)(F)F. The summed E-state index contributed by atoms with van der Waals surface area (Å²) in [5.74, 6) is -0.850. The minimum Gasteiger partial charge on any atom is -0.361 e. The number of thiophene rings is 1. The number of halogens is 6. The van der Waals surface area contributed by atoms with Crippen LogP contribution in [-0.2, 0) is 0 Å². The summed E-state index contributed by atoms with van der Waals surface area (Å²) in [4.78, 5) is 13.4. The Bertz CT molecular complexity index is 1100. The fourth-order valence-corrected chi connectivity index (χ4v) is 4.69. The normalized spacial score (nSPS) is 18.6. The van der Waals surface area contributed by atoms with E-state index in [1.54, 1.807) is 17.5 Å². The first-order chi connectivity index (χ1) is 14.1. The molecule has 0 saturated carbocycles. The van der Waals surface area contributed by atoms with Gasteiger partial charge >= 0.3 is 6.18 Å². The maximum atomic E-state index is 13.8. The molecule has 2 N–H and O–H groups in total. The molecular weight excluding hydrogens is 484 g/mol. The Hall–Kier alpha value is -1.94. The van der Waals surface area contributed by atoms with E-state index in [1.807, 2.05) is 0 Å². The highest BCUT2D eigenvalue weighted by Crippen LogP contribution is 2.47. The van der Waals surface area contributed by atoms with Crippen LogP contribution >= 0.6 is 46.1 Å². The van der Waals surface area contributed by atoms with Gasteiger partial charge in [-0.15, -0.1) is 11.3 Å². The lowest BCUT2D eigenvalue weighted by Gasteiger charge is -2.32. The third kappa shape index (κ3) is 3.99. The molecule has 0 aliphatic carbocycles. The van der Waals surface area contributed by atoms with Crippen molar-refractivity contribution in [2.45, 2.75) is 24.7 Å². The number of benzene rings is 1. The van der Waals surface area contributed by atoms with Gasteiger partial charge in [0.2, 0.25) is 0 Å². The van der Waals surface area contributed by atoms with Crippen LogP contribution < -0.4 is 10.6 Å². The second-order valence-electron chi connectivity index (χ2n) is 6.54. The molecule has 0 saturated heterocycles. The average Bonchev–Trinajstić information content (AvgIpc) is 3.31. The molecule has 0 unspecified atom stereocenters. The molecular formula is C18H12Cl3F3N4OS. The fraction of sp³-hybridized carbons (Fsp3) is 0.222. The average molecular weight is 496 g/mol. The predicted octanol–water partition coefficient (Wildman–Crippen LogP) is 6.82. The molecule has 1 amide bonds. The van der Waals surface area contributed by atoms with Gasteiger partial charge in [-0.2, -0.15) is 18.3 Å². The zero-order valence-corrected chi connectivity index (χ0v) is 17.9. The van der Waals surface area contributed by atoms with E-state index in [0.29, 0.717) is 5.02 Å². The second-order valence-corrected chi connectivity index (χ2v) is 8.74. The van der Waals surface area contributed by atoms with Crippen LogP contribution in [0, 0.1) is 0 Å². The number of nitrogens with one attached hydrogen (secondary N) is 2. The van der Waals surface area contributed by atoms with Gasteiger partial charge in [-0.3, -0.25) is 4.79 Å². The number of anilines is 2. The van der Waals surface area contributed by atoms with Crippen molar-refractivity contribution in [3.63, 3.8) is 0 Å². The summed E-state index contributed by atoms with van der Waals surface area (Å²) in [5, 5.41) is 11.5. The molecule has 2 aromatic heterocycles. The van der Waals surface area contributed by atoms with Crippen LogP contribution in [0.1, 0.15) is 33.9 Å². The third-order valence-electron chi connectivity index (χ3n) is 4.58. The number of hydrogen-bond donors (Lipinski definition) is 2. The van der Waals surface area contributed by atoms with Crippen LogP contribution in [0.2, 0.25) is 15.1 Å². The highest BCUT2D eigenvalue weighted by Gasteiger charge is 2.48. The van der Waals surface area contributed by atoms with E-state index in [2.05, 4.69) is 15.7 Å². The van der Waals surface area contributed by atoms with E-state index in [4.69, 9.17) is 34.8 Å². The predicted molar refractivity (Wildman–Crippen MR) is 112 cm³/mol. The molecule has 5 nitrogen and oxygen atoms in total.